The number of ether oxygens (including phenoxy) is 1. The van der Waals surface area contributed by atoms with Gasteiger partial charge < -0.3 is 10.1 Å². The van der Waals surface area contributed by atoms with E-state index in [4.69, 9.17) is 17.0 Å². The number of hydrogen-bond donors (Lipinski definition) is 1. The molecule has 0 aromatic heterocycles. The Bertz CT molecular complexity index is 323. The minimum atomic E-state index is 0.823. The number of methoxy groups -OCH3 is 1. The van der Waals surface area contributed by atoms with Crippen LogP contribution in [0.1, 0.15) is 12.5 Å². The molecule has 0 amide bonds. The molecule has 1 N–H and O–H groups in total. The van der Waals surface area contributed by atoms with Crippen molar-refractivity contribution in [3.63, 3.8) is 0 Å². The Morgan fingerprint density at radius 1 is 1.46 bits per heavy atom. The predicted molar refractivity (Wildman–Crippen MR) is 59.9 cm³/mol. The molecular weight excluding hydrogens is 182 g/mol. The first-order valence-electron chi connectivity index (χ1n) is 4.05. The second kappa shape index (κ2) is 4.23. The lowest BCUT2D eigenvalue weighted by Gasteiger charge is -2.09. The maximum Gasteiger partial charge on any atom is 0.142 e. The number of benzene rings is 1. The molecule has 1 aromatic rings. The van der Waals surface area contributed by atoms with Crippen LogP contribution in [0.2, 0.25) is 0 Å². The summed E-state index contributed by atoms with van der Waals surface area (Å²) in [5.74, 6) is 0.823. The van der Waals surface area contributed by atoms with Crippen molar-refractivity contribution < 1.29 is 4.74 Å². The van der Waals surface area contributed by atoms with Gasteiger partial charge in [-0.15, -0.1) is 0 Å². The summed E-state index contributed by atoms with van der Waals surface area (Å²) in [5.41, 5.74) is 2.01. The lowest BCUT2D eigenvalue weighted by molar-refractivity contribution is 0.416. The van der Waals surface area contributed by atoms with E-state index in [1.165, 1.54) is 0 Å². The fourth-order valence-corrected chi connectivity index (χ4v) is 1.24. The molecule has 0 bridgehead atoms. The standard InChI is InChI=1S/C10H13NOS/c1-7(13)8-4-5-9(11-2)10(6-8)12-3/h4-6,11H,1-3H3. The topological polar surface area (TPSA) is 21.3 Å². The molecule has 70 valence electrons. The molecular formula is C10H13NOS. The van der Waals surface area contributed by atoms with E-state index in [1.54, 1.807) is 7.11 Å². The van der Waals surface area contributed by atoms with Gasteiger partial charge in [0.25, 0.3) is 0 Å². The number of nitrogens with one attached hydrogen (secondary N) is 1. The largest absolute Gasteiger partial charge is 0.495 e. The first-order chi connectivity index (χ1) is 6.19. The van der Waals surface area contributed by atoms with E-state index in [0.29, 0.717) is 0 Å². The quantitative estimate of drug-likeness (QED) is 0.591. The zero-order chi connectivity index (χ0) is 9.84. The first kappa shape index (κ1) is 9.99. The third kappa shape index (κ3) is 2.18. The van der Waals surface area contributed by atoms with Gasteiger partial charge in [-0.2, -0.15) is 0 Å². The Kier molecular flexibility index (Phi) is 3.25. The van der Waals surface area contributed by atoms with Crippen LogP contribution in [0.3, 0.4) is 0 Å². The fraction of sp³-hybridized carbons (Fsp3) is 0.300. The van der Waals surface area contributed by atoms with Crippen LogP contribution in [0.4, 0.5) is 5.69 Å². The van der Waals surface area contributed by atoms with E-state index in [1.807, 2.05) is 32.2 Å². The third-order valence-electron chi connectivity index (χ3n) is 1.88. The summed E-state index contributed by atoms with van der Waals surface area (Å²) in [5, 5.41) is 3.04. The minimum Gasteiger partial charge on any atom is -0.495 e. The molecule has 0 spiro atoms. The average molecular weight is 195 g/mol. The summed E-state index contributed by atoms with van der Waals surface area (Å²) >= 11 is 5.07. The Morgan fingerprint density at radius 3 is 2.62 bits per heavy atom. The van der Waals surface area contributed by atoms with Gasteiger partial charge in [-0.05, 0) is 24.6 Å². The summed E-state index contributed by atoms with van der Waals surface area (Å²) in [7, 11) is 3.51. The molecule has 0 saturated carbocycles. The molecule has 0 unspecified atom stereocenters. The number of thiocarbonyl (C=S) groups is 1. The van der Waals surface area contributed by atoms with Crippen molar-refractivity contribution in [3.05, 3.63) is 23.8 Å². The fourth-order valence-electron chi connectivity index (χ4n) is 1.12. The van der Waals surface area contributed by atoms with Gasteiger partial charge in [0.1, 0.15) is 5.75 Å². The van der Waals surface area contributed by atoms with Crippen LogP contribution in [0.25, 0.3) is 0 Å². The van der Waals surface area contributed by atoms with Crippen LogP contribution in [0, 0.1) is 0 Å². The van der Waals surface area contributed by atoms with Crippen LogP contribution < -0.4 is 10.1 Å². The monoisotopic (exact) mass is 195 g/mol. The molecule has 0 aliphatic heterocycles. The minimum absolute atomic E-state index is 0.823. The summed E-state index contributed by atoms with van der Waals surface area (Å²) < 4.78 is 5.20. The molecule has 0 saturated heterocycles. The van der Waals surface area contributed by atoms with Gasteiger partial charge in [0.05, 0.1) is 12.8 Å². The Balaban J connectivity index is 3.13. The smallest absolute Gasteiger partial charge is 0.142 e. The summed E-state index contributed by atoms with van der Waals surface area (Å²) in [6, 6.07) is 5.88. The van der Waals surface area contributed by atoms with Gasteiger partial charge in [0.2, 0.25) is 0 Å². The lowest BCUT2D eigenvalue weighted by Crippen LogP contribution is -1.97. The van der Waals surface area contributed by atoms with Gasteiger partial charge in [-0.3, -0.25) is 0 Å². The maximum atomic E-state index is 5.20. The summed E-state index contributed by atoms with van der Waals surface area (Å²) in [6.45, 7) is 1.91. The highest BCUT2D eigenvalue weighted by Gasteiger charge is 2.03. The van der Waals surface area contributed by atoms with E-state index >= 15 is 0 Å². The second-order valence-electron chi connectivity index (χ2n) is 2.72. The first-order valence-corrected chi connectivity index (χ1v) is 4.46. The van der Waals surface area contributed by atoms with Crippen molar-refractivity contribution in [2.75, 3.05) is 19.5 Å². The molecule has 0 aliphatic carbocycles. The maximum absolute atomic E-state index is 5.20. The summed E-state index contributed by atoms with van der Waals surface area (Å²) in [6.07, 6.45) is 0. The molecule has 1 rings (SSSR count). The highest BCUT2D eigenvalue weighted by atomic mass is 32.1. The van der Waals surface area contributed by atoms with Crippen LogP contribution >= 0.6 is 12.2 Å². The number of hydrogen-bond acceptors (Lipinski definition) is 3. The van der Waals surface area contributed by atoms with Gasteiger partial charge in [0, 0.05) is 11.9 Å². The Morgan fingerprint density at radius 2 is 2.15 bits per heavy atom. The highest BCUT2D eigenvalue weighted by Crippen LogP contribution is 2.25. The van der Waals surface area contributed by atoms with E-state index in [9.17, 15) is 0 Å². The predicted octanol–water partition coefficient (Wildman–Crippen LogP) is 2.47. The molecule has 0 aliphatic rings. The molecule has 3 heteroatoms. The van der Waals surface area contributed by atoms with E-state index in [2.05, 4.69) is 5.32 Å². The van der Waals surface area contributed by atoms with Crippen molar-refractivity contribution >= 4 is 22.8 Å². The van der Waals surface area contributed by atoms with E-state index in [-0.39, 0.29) is 0 Å². The molecule has 0 radical (unpaired) electrons. The van der Waals surface area contributed by atoms with Crippen LogP contribution in [0.5, 0.6) is 5.75 Å². The molecule has 0 fully saturated rings. The second-order valence-corrected chi connectivity index (χ2v) is 3.33. The van der Waals surface area contributed by atoms with Gasteiger partial charge in [0.15, 0.2) is 0 Å². The van der Waals surface area contributed by atoms with Gasteiger partial charge >= 0.3 is 0 Å². The van der Waals surface area contributed by atoms with Crippen molar-refractivity contribution in [1.82, 2.24) is 0 Å². The van der Waals surface area contributed by atoms with E-state index in [0.717, 1.165) is 21.9 Å². The Labute approximate surface area is 83.9 Å². The third-order valence-corrected chi connectivity index (χ3v) is 2.11. The number of rotatable bonds is 3. The lowest BCUT2D eigenvalue weighted by atomic mass is 10.1. The molecule has 0 heterocycles. The van der Waals surface area contributed by atoms with Crippen LogP contribution in [-0.2, 0) is 0 Å². The van der Waals surface area contributed by atoms with Crippen LogP contribution in [0.15, 0.2) is 18.2 Å². The molecule has 2 nitrogen and oxygen atoms in total. The van der Waals surface area contributed by atoms with E-state index < -0.39 is 0 Å². The van der Waals surface area contributed by atoms with Gasteiger partial charge in [-0.1, -0.05) is 18.3 Å². The number of anilines is 1. The normalized spacial score (nSPS) is 9.46. The van der Waals surface area contributed by atoms with Gasteiger partial charge in [-0.25, -0.2) is 0 Å². The average Bonchev–Trinajstić information content (AvgIpc) is 2.16. The van der Waals surface area contributed by atoms with Crippen molar-refractivity contribution in [2.24, 2.45) is 0 Å². The highest BCUT2D eigenvalue weighted by molar-refractivity contribution is 7.80. The zero-order valence-electron chi connectivity index (χ0n) is 8.05. The van der Waals surface area contributed by atoms with Crippen molar-refractivity contribution in [3.8, 4) is 5.75 Å². The molecule has 1 aromatic carbocycles. The zero-order valence-corrected chi connectivity index (χ0v) is 8.87. The van der Waals surface area contributed by atoms with Crippen molar-refractivity contribution in [1.29, 1.82) is 0 Å². The SMILES string of the molecule is CNc1ccc(C(C)=S)cc1OC. The summed E-state index contributed by atoms with van der Waals surface area (Å²) in [4.78, 5) is 0.876. The molecule has 13 heavy (non-hydrogen) atoms. The molecule has 0 atom stereocenters. The Hall–Kier alpha value is -1.09. The van der Waals surface area contributed by atoms with Crippen LogP contribution in [-0.4, -0.2) is 19.0 Å². The van der Waals surface area contributed by atoms with Crippen molar-refractivity contribution in [2.45, 2.75) is 6.92 Å².